The first-order chi connectivity index (χ1) is 7.66. The Morgan fingerprint density at radius 3 is 2.75 bits per heavy atom. The molecule has 0 aliphatic heterocycles. The summed E-state index contributed by atoms with van der Waals surface area (Å²) in [6.45, 7) is 3.47. The number of aromatic nitrogens is 1. The molecule has 1 amide bonds. The summed E-state index contributed by atoms with van der Waals surface area (Å²) in [5.74, 6) is -0.0700. The number of hydrogen-bond acceptors (Lipinski definition) is 3. The summed E-state index contributed by atoms with van der Waals surface area (Å²) in [5.41, 5.74) is 2.68. The van der Waals surface area contributed by atoms with Gasteiger partial charge in [0.2, 0.25) is 5.91 Å². The molecule has 3 nitrogen and oxygen atoms in total. The van der Waals surface area contributed by atoms with Gasteiger partial charge in [0.1, 0.15) is 0 Å². The molecule has 82 valence electrons. The summed E-state index contributed by atoms with van der Waals surface area (Å²) in [6.07, 6.45) is 0. The number of benzene rings is 1. The Balaban J connectivity index is 2.43. The van der Waals surface area contributed by atoms with E-state index in [9.17, 15) is 4.79 Å². The standard InChI is InChI=1S/C12H12N2OS/c1-8(15)13-11-6-4-3-5-10(11)12-7-16-9(2)14-12/h3-7H,1-2H3,(H,13,15). The van der Waals surface area contributed by atoms with Gasteiger partial charge in [-0.25, -0.2) is 4.98 Å². The first-order valence-corrected chi connectivity index (χ1v) is 5.84. The molecule has 0 radical (unpaired) electrons. The van der Waals surface area contributed by atoms with Crippen LogP contribution in [-0.4, -0.2) is 10.9 Å². The monoisotopic (exact) mass is 232 g/mol. The molecule has 16 heavy (non-hydrogen) atoms. The highest BCUT2D eigenvalue weighted by Crippen LogP contribution is 2.28. The molecule has 2 rings (SSSR count). The van der Waals surface area contributed by atoms with Crippen LogP contribution in [0.4, 0.5) is 5.69 Å². The fraction of sp³-hybridized carbons (Fsp3) is 0.167. The van der Waals surface area contributed by atoms with Gasteiger partial charge in [-0.15, -0.1) is 11.3 Å². The molecule has 0 spiro atoms. The van der Waals surface area contributed by atoms with E-state index in [1.54, 1.807) is 11.3 Å². The third-order valence-electron chi connectivity index (χ3n) is 2.13. The maximum absolute atomic E-state index is 11.1. The highest BCUT2D eigenvalue weighted by atomic mass is 32.1. The van der Waals surface area contributed by atoms with Gasteiger partial charge in [0, 0.05) is 17.9 Å². The third kappa shape index (κ3) is 2.28. The minimum Gasteiger partial charge on any atom is -0.326 e. The minimum atomic E-state index is -0.0700. The summed E-state index contributed by atoms with van der Waals surface area (Å²) in [4.78, 5) is 15.5. The van der Waals surface area contributed by atoms with Crippen LogP contribution < -0.4 is 5.32 Å². The topological polar surface area (TPSA) is 42.0 Å². The maximum atomic E-state index is 11.1. The van der Waals surface area contributed by atoms with Crippen molar-refractivity contribution in [3.8, 4) is 11.3 Å². The van der Waals surface area contributed by atoms with Crippen molar-refractivity contribution in [2.24, 2.45) is 0 Å². The largest absolute Gasteiger partial charge is 0.326 e. The molecule has 1 N–H and O–H groups in total. The Labute approximate surface area is 98.2 Å². The van der Waals surface area contributed by atoms with Gasteiger partial charge in [0.15, 0.2) is 0 Å². The maximum Gasteiger partial charge on any atom is 0.221 e. The lowest BCUT2D eigenvalue weighted by molar-refractivity contribution is -0.114. The van der Waals surface area contributed by atoms with Gasteiger partial charge in [0.05, 0.1) is 16.4 Å². The summed E-state index contributed by atoms with van der Waals surface area (Å²) in [7, 11) is 0. The minimum absolute atomic E-state index is 0.0700. The molecule has 1 heterocycles. The summed E-state index contributed by atoms with van der Waals surface area (Å²) < 4.78 is 0. The van der Waals surface area contributed by atoms with E-state index in [4.69, 9.17) is 0 Å². The average molecular weight is 232 g/mol. The molecule has 0 saturated heterocycles. The fourth-order valence-corrected chi connectivity index (χ4v) is 2.11. The van der Waals surface area contributed by atoms with Crippen LogP contribution in [0.1, 0.15) is 11.9 Å². The summed E-state index contributed by atoms with van der Waals surface area (Å²) >= 11 is 1.60. The predicted molar refractivity (Wildman–Crippen MR) is 66.6 cm³/mol. The number of carbonyl (C=O) groups excluding carboxylic acids is 1. The van der Waals surface area contributed by atoms with Crippen molar-refractivity contribution in [1.82, 2.24) is 4.98 Å². The normalized spacial score (nSPS) is 10.1. The number of nitrogens with one attached hydrogen (secondary N) is 1. The third-order valence-corrected chi connectivity index (χ3v) is 2.91. The smallest absolute Gasteiger partial charge is 0.221 e. The molecule has 0 saturated carbocycles. The lowest BCUT2D eigenvalue weighted by atomic mass is 10.1. The molecule has 1 aromatic heterocycles. The lowest BCUT2D eigenvalue weighted by Crippen LogP contribution is -2.06. The summed E-state index contributed by atoms with van der Waals surface area (Å²) in [6, 6.07) is 7.68. The van der Waals surface area contributed by atoms with Gasteiger partial charge < -0.3 is 5.32 Å². The molecule has 0 unspecified atom stereocenters. The van der Waals surface area contributed by atoms with E-state index in [-0.39, 0.29) is 5.91 Å². The van der Waals surface area contributed by atoms with Gasteiger partial charge in [0.25, 0.3) is 0 Å². The molecule has 0 bridgehead atoms. The van der Waals surface area contributed by atoms with Crippen LogP contribution in [0, 0.1) is 6.92 Å². The van der Waals surface area contributed by atoms with E-state index >= 15 is 0 Å². The van der Waals surface area contributed by atoms with E-state index in [0.29, 0.717) is 0 Å². The zero-order valence-corrected chi connectivity index (χ0v) is 9.97. The van der Waals surface area contributed by atoms with Crippen LogP contribution >= 0.6 is 11.3 Å². The van der Waals surface area contributed by atoms with Crippen LogP contribution in [-0.2, 0) is 4.79 Å². The number of aryl methyl sites for hydroxylation is 1. The zero-order valence-electron chi connectivity index (χ0n) is 9.15. The molecule has 0 fully saturated rings. The number of para-hydroxylation sites is 1. The number of anilines is 1. The van der Waals surface area contributed by atoms with Crippen LogP contribution in [0.25, 0.3) is 11.3 Å². The number of amides is 1. The van der Waals surface area contributed by atoms with Crippen LogP contribution in [0.3, 0.4) is 0 Å². The van der Waals surface area contributed by atoms with E-state index < -0.39 is 0 Å². The van der Waals surface area contributed by atoms with Crippen LogP contribution in [0.5, 0.6) is 0 Å². The molecule has 4 heteroatoms. The van der Waals surface area contributed by atoms with Gasteiger partial charge in [-0.2, -0.15) is 0 Å². The van der Waals surface area contributed by atoms with Gasteiger partial charge in [-0.1, -0.05) is 18.2 Å². The Hall–Kier alpha value is -1.68. The Bertz CT molecular complexity index is 519. The number of nitrogens with zero attached hydrogens (tertiary/aromatic N) is 1. The van der Waals surface area contributed by atoms with Crippen molar-refractivity contribution >= 4 is 22.9 Å². The fourth-order valence-electron chi connectivity index (χ4n) is 1.49. The second-order valence-corrected chi connectivity index (χ2v) is 4.54. The van der Waals surface area contributed by atoms with Crippen molar-refractivity contribution in [1.29, 1.82) is 0 Å². The van der Waals surface area contributed by atoms with Crippen LogP contribution in [0.15, 0.2) is 29.6 Å². The van der Waals surface area contributed by atoms with Crippen molar-refractivity contribution in [3.63, 3.8) is 0 Å². The van der Waals surface area contributed by atoms with Gasteiger partial charge in [-0.3, -0.25) is 4.79 Å². The number of carbonyl (C=O) groups is 1. The molecular weight excluding hydrogens is 220 g/mol. The summed E-state index contributed by atoms with van der Waals surface area (Å²) in [5, 5.41) is 5.82. The number of rotatable bonds is 2. The number of hydrogen-bond donors (Lipinski definition) is 1. The predicted octanol–water partition coefficient (Wildman–Crippen LogP) is 3.08. The Kier molecular flexibility index (Phi) is 3.01. The lowest BCUT2D eigenvalue weighted by Gasteiger charge is -2.07. The van der Waals surface area contributed by atoms with Crippen molar-refractivity contribution in [3.05, 3.63) is 34.7 Å². The first kappa shape index (κ1) is 10.8. The van der Waals surface area contributed by atoms with E-state index in [1.165, 1.54) is 6.92 Å². The number of thiazole rings is 1. The van der Waals surface area contributed by atoms with Crippen LogP contribution in [0.2, 0.25) is 0 Å². The van der Waals surface area contributed by atoms with Gasteiger partial charge >= 0.3 is 0 Å². The second kappa shape index (κ2) is 4.45. The molecule has 1 aromatic carbocycles. The van der Waals surface area contributed by atoms with Crippen molar-refractivity contribution in [2.75, 3.05) is 5.32 Å². The van der Waals surface area contributed by atoms with E-state index in [2.05, 4.69) is 10.3 Å². The SMILES string of the molecule is CC(=O)Nc1ccccc1-c1csc(C)n1. The Morgan fingerprint density at radius 2 is 2.12 bits per heavy atom. The zero-order chi connectivity index (χ0) is 11.5. The molecule has 0 aliphatic carbocycles. The molecular formula is C12H12N2OS. The quantitative estimate of drug-likeness (QED) is 0.864. The Morgan fingerprint density at radius 1 is 1.38 bits per heavy atom. The molecule has 0 aliphatic rings. The van der Waals surface area contributed by atoms with E-state index in [0.717, 1.165) is 22.0 Å². The molecule has 2 aromatic rings. The van der Waals surface area contributed by atoms with Crippen molar-refractivity contribution in [2.45, 2.75) is 13.8 Å². The van der Waals surface area contributed by atoms with E-state index in [1.807, 2.05) is 36.6 Å². The molecule has 0 atom stereocenters. The average Bonchev–Trinajstić information content (AvgIpc) is 2.65. The second-order valence-electron chi connectivity index (χ2n) is 3.48. The highest BCUT2D eigenvalue weighted by Gasteiger charge is 2.08. The highest BCUT2D eigenvalue weighted by molar-refractivity contribution is 7.09. The van der Waals surface area contributed by atoms with Crippen molar-refractivity contribution < 1.29 is 4.79 Å². The van der Waals surface area contributed by atoms with Gasteiger partial charge in [-0.05, 0) is 13.0 Å². The first-order valence-electron chi connectivity index (χ1n) is 4.96.